The number of aryl methyl sites for hydroxylation is 1. The summed E-state index contributed by atoms with van der Waals surface area (Å²) in [7, 11) is 2.00. The molecule has 0 radical (unpaired) electrons. The molecule has 1 atom stereocenters. The van der Waals surface area contributed by atoms with Gasteiger partial charge in [0.25, 0.3) is 0 Å². The van der Waals surface area contributed by atoms with Crippen molar-refractivity contribution in [1.29, 1.82) is 0 Å². The van der Waals surface area contributed by atoms with Crippen LogP contribution in [0.15, 0.2) is 36.8 Å². The molecule has 3 N–H and O–H groups in total. The number of rotatable bonds is 7. The zero-order valence-corrected chi connectivity index (χ0v) is 14.8. The van der Waals surface area contributed by atoms with Crippen LogP contribution >= 0.6 is 0 Å². The molecule has 0 bridgehead atoms. The quantitative estimate of drug-likeness (QED) is 0.798. The summed E-state index contributed by atoms with van der Waals surface area (Å²) in [6.07, 6.45) is 5.66. The third-order valence-corrected chi connectivity index (χ3v) is 4.86. The first kappa shape index (κ1) is 17.6. The molecule has 0 saturated carbocycles. The number of hydrogen-bond donors (Lipinski definition) is 2. The van der Waals surface area contributed by atoms with Crippen LogP contribution in [0.2, 0.25) is 0 Å². The lowest BCUT2D eigenvalue weighted by Gasteiger charge is -2.31. The maximum atomic E-state index is 11.4. The number of aromatic nitrogens is 2. The normalized spacial score (nSPS) is 18.4. The number of likely N-dealkylation sites (tertiary alicyclic amines) is 1. The van der Waals surface area contributed by atoms with E-state index in [2.05, 4.69) is 39.5 Å². The van der Waals surface area contributed by atoms with E-state index in [-0.39, 0.29) is 11.8 Å². The summed E-state index contributed by atoms with van der Waals surface area (Å²) in [5.74, 6) is -0.171. The summed E-state index contributed by atoms with van der Waals surface area (Å²) in [6.45, 7) is 4.31. The van der Waals surface area contributed by atoms with E-state index in [0.717, 1.165) is 45.6 Å². The van der Waals surface area contributed by atoms with Crippen molar-refractivity contribution in [2.24, 2.45) is 18.7 Å². The van der Waals surface area contributed by atoms with Crippen molar-refractivity contribution in [2.45, 2.75) is 32.5 Å². The maximum absolute atomic E-state index is 11.4. The molecule has 1 fully saturated rings. The van der Waals surface area contributed by atoms with Crippen LogP contribution in [0, 0.1) is 5.92 Å². The fourth-order valence-electron chi connectivity index (χ4n) is 3.42. The molecule has 6 nitrogen and oxygen atoms in total. The van der Waals surface area contributed by atoms with Crippen LogP contribution in [0.4, 0.5) is 0 Å². The van der Waals surface area contributed by atoms with Gasteiger partial charge >= 0.3 is 0 Å². The number of piperidine rings is 1. The second kappa shape index (κ2) is 8.27. The zero-order valence-electron chi connectivity index (χ0n) is 14.8. The molecule has 1 aliphatic heterocycles. The van der Waals surface area contributed by atoms with E-state index in [0.29, 0.717) is 0 Å². The van der Waals surface area contributed by atoms with Crippen molar-refractivity contribution >= 4 is 5.91 Å². The largest absolute Gasteiger partial charge is 0.369 e. The van der Waals surface area contributed by atoms with Gasteiger partial charge in [-0.15, -0.1) is 0 Å². The van der Waals surface area contributed by atoms with Crippen molar-refractivity contribution in [3.8, 4) is 0 Å². The number of carbonyl (C=O) groups is 1. The van der Waals surface area contributed by atoms with Crippen molar-refractivity contribution in [3.05, 3.63) is 53.6 Å². The summed E-state index contributed by atoms with van der Waals surface area (Å²) >= 11 is 0. The highest BCUT2D eigenvalue weighted by Crippen LogP contribution is 2.18. The minimum atomic E-state index is -0.169. The number of primary amides is 1. The van der Waals surface area contributed by atoms with Crippen LogP contribution in [0.5, 0.6) is 0 Å². The number of amides is 1. The number of nitrogens with two attached hydrogens (primary N) is 1. The molecule has 25 heavy (non-hydrogen) atoms. The summed E-state index contributed by atoms with van der Waals surface area (Å²) in [5, 5.41) is 3.46. The van der Waals surface area contributed by atoms with Gasteiger partial charge in [0.1, 0.15) is 0 Å². The van der Waals surface area contributed by atoms with E-state index >= 15 is 0 Å². The average Bonchev–Trinajstić information content (AvgIpc) is 3.01. The number of carbonyl (C=O) groups excluding carboxylic acids is 1. The second-order valence-electron chi connectivity index (χ2n) is 6.90. The van der Waals surface area contributed by atoms with Crippen LogP contribution in [0.1, 0.15) is 29.7 Å². The van der Waals surface area contributed by atoms with E-state index in [4.69, 9.17) is 5.73 Å². The minimum absolute atomic E-state index is 0.00232. The SMILES string of the molecule is Cn1cncc1CNCc1cccc(CN2CCC[C@H](C(N)=O)C2)c1. The Balaban J connectivity index is 1.52. The van der Waals surface area contributed by atoms with Crippen LogP contribution in [-0.4, -0.2) is 33.4 Å². The molecule has 1 saturated heterocycles. The molecule has 1 amide bonds. The molecular formula is C19H27N5O. The van der Waals surface area contributed by atoms with Crippen LogP contribution < -0.4 is 11.1 Å². The van der Waals surface area contributed by atoms with Crippen LogP contribution in [0.25, 0.3) is 0 Å². The third-order valence-electron chi connectivity index (χ3n) is 4.86. The molecule has 2 aromatic rings. The fourth-order valence-corrected chi connectivity index (χ4v) is 3.42. The lowest BCUT2D eigenvalue weighted by Crippen LogP contribution is -2.40. The molecule has 1 aliphatic rings. The standard InChI is InChI=1S/C19H27N5O/c1-23-14-22-11-18(23)10-21-9-15-4-2-5-16(8-15)12-24-7-3-6-17(13-24)19(20)25/h2,4-5,8,11,14,17,21H,3,6-7,9-10,12-13H2,1H3,(H2,20,25)/t17-/m0/s1. The average molecular weight is 341 g/mol. The van der Waals surface area contributed by atoms with Gasteiger partial charge in [-0.3, -0.25) is 9.69 Å². The molecule has 1 aromatic heterocycles. The predicted molar refractivity (Wildman–Crippen MR) is 97.4 cm³/mol. The van der Waals surface area contributed by atoms with Crippen molar-refractivity contribution in [1.82, 2.24) is 19.8 Å². The Hall–Kier alpha value is -2.18. The molecule has 0 unspecified atom stereocenters. The third kappa shape index (κ3) is 4.90. The number of nitrogens with zero attached hydrogens (tertiary/aromatic N) is 3. The van der Waals surface area contributed by atoms with Gasteiger partial charge < -0.3 is 15.6 Å². The number of benzene rings is 1. The Morgan fingerprint density at radius 3 is 2.96 bits per heavy atom. The first-order valence-electron chi connectivity index (χ1n) is 8.87. The summed E-state index contributed by atoms with van der Waals surface area (Å²) in [6, 6.07) is 8.64. The molecule has 2 heterocycles. The summed E-state index contributed by atoms with van der Waals surface area (Å²) < 4.78 is 2.02. The monoisotopic (exact) mass is 341 g/mol. The van der Waals surface area contributed by atoms with Gasteiger partial charge in [0.05, 0.1) is 17.9 Å². The van der Waals surface area contributed by atoms with Gasteiger partial charge in [-0.2, -0.15) is 0 Å². The summed E-state index contributed by atoms with van der Waals surface area (Å²) in [4.78, 5) is 17.9. The Labute approximate surface area is 149 Å². The Bertz CT molecular complexity index is 711. The molecule has 134 valence electrons. The molecule has 0 spiro atoms. The minimum Gasteiger partial charge on any atom is -0.369 e. The van der Waals surface area contributed by atoms with Gasteiger partial charge in [0.2, 0.25) is 5.91 Å². The fraction of sp³-hybridized carbons (Fsp3) is 0.474. The van der Waals surface area contributed by atoms with Crippen molar-refractivity contribution in [3.63, 3.8) is 0 Å². The Morgan fingerprint density at radius 2 is 2.20 bits per heavy atom. The molecule has 1 aromatic carbocycles. The van der Waals surface area contributed by atoms with Crippen LogP contribution in [0.3, 0.4) is 0 Å². The first-order chi connectivity index (χ1) is 12.1. The van der Waals surface area contributed by atoms with Crippen molar-refractivity contribution < 1.29 is 4.79 Å². The number of hydrogen-bond acceptors (Lipinski definition) is 4. The highest BCUT2D eigenvalue weighted by molar-refractivity contribution is 5.76. The van der Waals surface area contributed by atoms with Gasteiger partial charge in [0.15, 0.2) is 0 Å². The zero-order chi connectivity index (χ0) is 17.6. The smallest absolute Gasteiger partial charge is 0.221 e. The summed E-state index contributed by atoms with van der Waals surface area (Å²) in [5.41, 5.74) is 9.19. The number of nitrogens with one attached hydrogen (secondary N) is 1. The predicted octanol–water partition coefficient (Wildman–Crippen LogP) is 1.41. The Kier molecular flexibility index (Phi) is 5.83. The van der Waals surface area contributed by atoms with Crippen molar-refractivity contribution in [2.75, 3.05) is 13.1 Å². The van der Waals surface area contributed by atoms with Gasteiger partial charge in [-0.1, -0.05) is 24.3 Å². The van der Waals surface area contributed by atoms with Gasteiger partial charge in [-0.05, 0) is 30.5 Å². The highest BCUT2D eigenvalue weighted by Gasteiger charge is 2.23. The van der Waals surface area contributed by atoms with E-state index in [9.17, 15) is 4.79 Å². The first-order valence-corrected chi connectivity index (χ1v) is 8.87. The van der Waals surface area contributed by atoms with Gasteiger partial charge in [0, 0.05) is 39.4 Å². The molecule has 6 heteroatoms. The molecular weight excluding hydrogens is 314 g/mol. The molecule has 0 aliphatic carbocycles. The Morgan fingerprint density at radius 1 is 1.36 bits per heavy atom. The van der Waals surface area contributed by atoms with E-state index < -0.39 is 0 Å². The lowest BCUT2D eigenvalue weighted by molar-refractivity contribution is -0.123. The second-order valence-corrected chi connectivity index (χ2v) is 6.90. The van der Waals surface area contributed by atoms with E-state index in [1.54, 1.807) is 0 Å². The van der Waals surface area contributed by atoms with E-state index in [1.807, 2.05) is 24.1 Å². The molecule has 3 rings (SSSR count). The number of imidazole rings is 1. The lowest BCUT2D eigenvalue weighted by atomic mass is 9.97. The highest BCUT2D eigenvalue weighted by atomic mass is 16.1. The topological polar surface area (TPSA) is 76.2 Å². The van der Waals surface area contributed by atoms with Gasteiger partial charge in [-0.25, -0.2) is 4.98 Å². The van der Waals surface area contributed by atoms with Crippen LogP contribution in [-0.2, 0) is 31.5 Å². The van der Waals surface area contributed by atoms with E-state index in [1.165, 1.54) is 16.8 Å². The maximum Gasteiger partial charge on any atom is 0.221 e.